The van der Waals surface area contributed by atoms with Crippen molar-refractivity contribution in [2.75, 3.05) is 14.2 Å². The van der Waals surface area contributed by atoms with Crippen LogP contribution in [0.2, 0.25) is 10.0 Å². The van der Waals surface area contributed by atoms with Gasteiger partial charge >= 0.3 is 5.97 Å². The first-order chi connectivity index (χ1) is 17.3. The lowest BCUT2D eigenvalue weighted by Crippen LogP contribution is -2.31. The summed E-state index contributed by atoms with van der Waals surface area (Å²) in [4.78, 5) is 16.4. The molecule has 0 saturated heterocycles. The molecule has 0 unspecified atom stereocenters. The van der Waals surface area contributed by atoms with Crippen molar-refractivity contribution >= 4 is 52.2 Å². The third kappa shape index (κ3) is 5.77. The number of aryl methyl sites for hydroxylation is 1. The van der Waals surface area contributed by atoms with Crippen molar-refractivity contribution < 1.29 is 19.4 Å². The number of nitrogens with zero attached hydrogens (tertiary/aromatic N) is 1. The van der Waals surface area contributed by atoms with Gasteiger partial charge in [-0.05, 0) is 60.0 Å². The zero-order valence-electron chi connectivity index (χ0n) is 19.9. The molecule has 0 atom stereocenters. The van der Waals surface area contributed by atoms with Gasteiger partial charge in [0.25, 0.3) is 0 Å². The first-order valence-electron chi connectivity index (χ1n) is 11.3. The minimum atomic E-state index is -1.06. The van der Waals surface area contributed by atoms with Crippen molar-refractivity contribution in [3.8, 4) is 0 Å². The molecule has 4 aromatic rings. The number of benzene rings is 3. The zero-order chi connectivity index (χ0) is 25.7. The number of fused-ring (bicyclic) bond motifs is 1. The number of pyridine rings is 1. The molecule has 0 spiro atoms. The quantitative estimate of drug-likeness (QED) is 0.231. The van der Waals surface area contributed by atoms with Gasteiger partial charge in [0, 0.05) is 41.6 Å². The summed E-state index contributed by atoms with van der Waals surface area (Å²) in [6.45, 7) is 0. The van der Waals surface area contributed by atoms with Crippen molar-refractivity contribution in [3.63, 3.8) is 0 Å². The van der Waals surface area contributed by atoms with Gasteiger partial charge in [-0.3, -0.25) is 0 Å². The number of carboxylic acids is 1. The maximum atomic E-state index is 11.7. The van der Waals surface area contributed by atoms with Gasteiger partial charge in [-0.15, -0.1) is 0 Å². The molecule has 1 aromatic heterocycles. The molecule has 5 nitrogen and oxygen atoms in total. The van der Waals surface area contributed by atoms with Crippen LogP contribution in [0.4, 0.5) is 0 Å². The summed E-state index contributed by atoms with van der Waals surface area (Å²) in [6, 6.07) is 22.3. The van der Waals surface area contributed by atoms with Crippen LogP contribution in [-0.4, -0.2) is 30.3 Å². The van der Waals surface area contributed by atoms with Crippen molar-refractivity contribution in [3.05, 3.63) is 111 Å². The lowest BCUT2D eigenvalue weighted by Gasteiger charge is -2.32. The third-order valence-electron chi connectivity index (χ3n) is 6.13. The highest BCUT2D eigenvalue weighted by Crippen LogP contribution is 2.33. The number of ether oxygens (including phenoxy) is 2. The standard InChI is InChI=1S/C29H25Cl2NO4/c1-35-29(36-2,15-14-20-7-10-23(30)17-26(20)28(33)34)22-5-3-4-19(16-22)6-12-25-13-9-21-8-11-24(31)18-27(21)32-25/h3-13,16-18H,14-15H2,1-2H3,(H,33,34)/b12-6+. The molecular weight excluding hydrogens is 497 g/mol. The van der Waals surface area contributed by atoms with Crippen LogP contribution in [0.5, 0.6) is 0 Å². The van der Waals surface area contributed by atoms with Gasteiger partial charge in [0.05, 0.1) is 16.8 Å². The van der Waals surface area contributed by atoms with E-state index in [0.717, 1.165) is 27.7 Å². The van der Waals surface area contributed by atoms with E-state index in [1.54, 1.807) is 26.4 Å². The molecule has 1 heterocycles. The summed E-state index contributed by atoms with van der Waals surface area (Å²) in [5.74, 6) is -2.08. The molecule has 0 amide bonds. The number of aromatic carboxylic acids is 1. The van der Waals surface area contributed by atoms with Crippen LogP contribution in [0.1, 0.15) is 39.2 Å². The van der Waals surface area contributed by atoms with E-state index in [9.17, 15) is 9.90 Å². The average Bonchev–Trinajstić information content (AvgIpc) is 2.89. The van der Waals surface area contributed by atoms with Gasteiger partial charge in [0.2, 0.25) is 0 Å². The molecule has 0 bridgehead atoms. The van der Waals surface area contributed by atoms with E-state index < -0.39 is 11.8 Å². The molecule has 1 N–H and O–H groups in total. The lowest BCUT2D eigenvalue weighted by atomic mass is 9.94. The van der Waals surface area contributed by atoms with Crippen molar-refractivity contribution in [1.29, 1.82) is 0 Å². The Kier molecular flexibility index (Phi) is 8.07. The van der Waals surface area contributed by atoms with E-state index in [2.05, 4.69) is 4.98 Å². The molecule has 0 aliphatic heterocycles. The van der Waals surface area contributed by atoms with Gasteiger partial charge in [-0.25, -0.2) is 9.78 Å². The number of halogens is 2. The summed E-state index contributed by atoms with van der Waals surface area (Å²) in [5.41, 5.74) is 4.23. The molecule has 184 valence electrons. The topological polar surface area (TPSA) is 68.7 Å². The van der Waals surface area contributed by atoms with E-state index in [0.29, 0.717) is 28.5 Å². The van der Waals surface area contributed by atoms with Gasteiger partial charge in [0.1, 0.15) is 0 Å². The Morgan fingerprint density at radius 1 is 0.944 bits per heavy atom. The number of methoxy groups -OCH3 is 2. The van der Waals surface area contributed by atoms with Crippen molar-refractivity contribution in [2.45, 2.75) is 18.6 Å². The van der Waals surface area contributed by atoms with Crippen molar-refractivity contribution in [1.82, 2.24) is 4.98 Å². The minimum absolute atomic E-state index is 0.171. The molecule has 4 rings (SSSR count). The normalized spacial score (nSPS) is 11.9. The molecule has 0 radical (unpaired) electrons. The van der Waals surface area contributed by atoms with Crippen LogP contribution in [-0.2, 0) is 21.7 Å². The number of carbonyl (C=O) groups is 1. The maximum absolute atomic E-state index is 11.7. The van der Waals surface area contributed by atoms with Crippen LogP contribution in [0, 0.1) is 0 Å². The van der Waals surface area contributed by atoms with Crippen LogP contribution in [0.3, 0.4) is 0 Å². The molecule has 36 heavy (non-hydrogen) atoms. The Labute approximate surface area is 219 Å². The highest BCUT2D eigenvalue weighted by Gasteiger charge is 2.32. The monoisotopic (exact) mass is 521 g/mol. The van der Waals surface area contributed by atoms with E-state index in [4.69, 9.17) is 32.7 Å². The lowest BCUT2D eigenvalue weighted by molar-refractivity contribution is -0.219. The summed E-state index contributed by atoms with van der Waals surface area (Å²) in [5, 5.41) is 11.6. The Balaban J connectivity index is 1.59. The van der Waals surface area contributed by atoms with E-state index in [1.807, 2.05) is 66.7 Å². The zero-order valence-corrected chi connectivity index (χ0v) is 21.4. The second-order valence-electron chi connectivity index (χ2n) is 8.30. The fraction of sp³-hybridized carbons (Fsp3) is 0.172. The van der Waals surface area contributed by atoms with Gasteiger partial charge < -0.3 is 14.6 Å². The van der Waals surface area contributed by atoms with Gasteiger partial charge in [-0.2, -0.15) is 0 Å². The summed E-state index contributed by atoms with van der Waals surface area (Å²) in [7, 11) is 3.16. The Morgan fingerprint density at radius 2 is 1.67 bits per heavy atom. The second-order valence-corrected chi connectivity index (χ2v) is 9.17. The maximum Gasteiger partial charge on any atom is 0.336 e. The van der Waals surface area contributed by atoms with Crippen LogP contribution < -0.4 is 0 Å². The molecular formula is C29H25Cl2NO4. The number of hydrogen-bond acceptors (Lipinski definition) is 4. The molecule has 0 saturated carbocycles. The Morgan fingerprint density at radius 3 is 2.42 bits per heavy atom. The summed E-state index contributed by atoms with van der Waals surface area (Å²) in [6.07, 6.45) is 4.74. The van der Waals surface area contributed by atoms with E-state index in [-0.39, 0.29) is 5.56 Å². The predicted octanol–water partition coefficient (Wildman–Crippen LogP) is 7.49. The first-order valence-corrected chi connectivity index (χ1v) is 12.1. The third-order valence-corrected chi connectivity index (χ3v) is 6.60. The smallest absolute Gasteiger partial charge is 0.336 e. The van der Waals surface area contributed by atoms with Gasteiger partial charge in [-0.1, -0.05) is 65.7 Å². The number of aromatic nitrogens is 1. The fourth-order valence-electron chi connectivity index (χ4n) is 4.19. The van der Waals surface area contributed by atoms with Crippen LogP contribution in [0.25, 0.3) is 23.1 Å². The van der Waals surface area contributed by atoms with E-state index >= 15 is 0 Å². The first kappa shape index (κ1) is 25.9. The van der Waals surface area contributed by atoms with Gasteiger partial charge in [0.15, 0.2) is 5.79 Å². The largest absolute Gasteiger partial charge is 0.478 e. The summed E-state index contributed by atoms with van der Waals surface area (Å²) >= 11 is 12.1. The molecule has 0 aliphatic rings. The minimum Gasteiger partial charge on any atom is -0.478 e. The number of hydrogen-bond donors (Lipinski definition) is 1. The fourth-order valence-corrected chi connectivity index (χ4v) is 4.53. The Bertz CT molecular complexity index is 1430. The van der Waals surface area contributed by atoms with E-state index in [1.165, 1.54) is 6.07 Å². The van der Waals surface area contributed by atoms with Crippen LogP contribution in [0.15, 0.2) is 72.8 Å². The highest BCUT2D eigenvalue weighted by atomic mass is 35.5. The molecule has 7 heteroatoms. The summed E-state index contributed by atoms with van der Waals surface area (Å²) < 4.78 is 11.7. The van der Waals surface area contributed by atoms with Crippen LogP contribution >= 0.6 is 23.2 Å². The molecule has 0 fully saturated rings. The molecule has 3 aromatic carbocycles. The number of rotatable bonds is 9. The predicted molar refractivity (Wildman–Crippen MR) is 145 cm³/mol. The van der Waals surface area contributed by atoms with Crippen molar-refractivity contribution in [2.24, 2.45) is 0 Å². The Hall–Kier alpha value is -3.22. The number of carboxylic acid groups (broad SMARTS) is 1. The second kappa shape index (κ2) is 11.2. The molecule has 0 aliphatic carbocycles. The highest BCUT2D eigenvalue weighted by molar-refractivity contribution is 6.31. The SMILES string of the molecule is COC(CCc1ccc(Cl)cc1C(=O)O)(OC)c1cccc(/C=C/c2ccc3ccc(Cl)cc3n2)c1. The average molecular weight is 522 g/mol.